The number of nitrogens with two attached hydrogens (primary N) is 1. The van der Waals surface area contributed by atoms with E-state index in [0.717, 1.165) is 16.5 Å². The lowest BCUT2D eigenvalue weighted by Gasteiger charge is -2.34. The molecule has 2 atom stereocenters. The molecule has 2 amide bonds. The second kappa shape index (κ2) is 8.40. The summed E-state index contributed by atoms with van der Waals surface area (Å²) in [5, 5.41) is 14.1. The lowest BCUT2D eigenvalue weighted by Crippen LogP contribution is -2.55. The largest absolute Gasteiger partial charge is 0.383 e. The molecule has 5 rings (SSSR count). The Labute approximate surface area is 194 Å². The van der Waals surface area contributed by atoms with Crippen LogP contribution in [0, 0.1) is 0 Å². The van der Waals surface area contributed by atoms with Crippen molar-refractivity contribution in [1.82, 2.24) is 4.57 Å². The van der Waals surface area contributed by atoms with Crippen molar-refractivity contribution in [3.05, 3.63) is 70.0 Å². The van der Waals surface area contributed by atoms with Crippen LogP contribution in [0.25, 0.3) is 10.9 Å². The lowest BCUT2D eigenvalue weighted by molar-refractivity contribution is -0.150. The van der Waals surface area contributed by atoms with E-state index >= 15 is 0 Å². The quantitative estimate of drug-likeness (QED) is 0.517. The predicted octanol–water partition coefficient (Wildman–Crippen LogP) is 0.489. The van der Waals surface area contributed by atoms with Gasteiger partial charge in [-0.05, 0) is 47.3 Å². The number of carbonyl (C=O) groups excluding carboxylic acids is 2. The average molecular weight is 461 g/mol. The fraction of sp³-hybridized carbons (Fsp3) is 0.250. The third-order valence-corrected chi connectivity index (χ3v) is 6.17. The van der Waals surface area contributed by atoms with Crippen LogP contribution in [-0.4, -0.2) is 52.7 Å². The monoisotopic (exact) mass is 461 g/mol. The maximum absolute atomic E-state index is 13.2. The molecule has 174 valence electrons. The van der Waals surface area contributed by atoms with Crippen LogP contribution in [0.3, 0.4) is 0 Å². The number of amidine groups is 1. The van der Waals surface area contributed by atoms with Gasteiger partial charge in [0.15, 0.2) is 12.2 Å². The van der Waals surface area contributed by atoms with Crippen molar-refractivity contribution in [1.29, 1.82) is 0 Å². The highest BCUT2D eigenvalue weighted by atomic mass is 16.5. The molecule has 2 aromatic carbocycles. The number of aliphatic hydroxyl groups excluding tert-OH is 1. The van der Waals surface area contributed by atoms with Gasteiger partial charge in [0.2, 0.25) is 0 Å². The molecule has 3 aromatic rings. The van der Waals surface area contributed by atoms with Gasteiger partial charge in [0, 0.05) is 36.6 Å². The Morgan fingerprint density at radius 3 is 2.82 bits per heavy atom. The molecular weight excluding hydrogens is 438 g/mol. The number of nitrogens with one attached hydrogen (secondary N) is 1. The molecule has 10 nitrogen and oxygen atoms in total. The molecule has 3 heterocycles. The summed E-state index contributed by atoms with van der Waals surface area (Å²) >= 11 is 0. The average Bonchev–Trinajstić information content (AvgIpc) is 3.21. The first-order valence-electron chi connectivity index (χ1n) is 10.8. The van der Waals surface area contributed by atoms with Crippen LogP contribution in [0.2, 0.25) is 0 Å². The van der Waals surface area contributed by atoms with E-state index in [4.69, 9.17) is 10.5 Å². The molecule has 0 bridgehead atoms. The Balaban J connectivity index is 1.34. The maximum atomic E-state index is 13.2. The Morgan fingerprint density at radius 1 is 1.21 bits per heavy atom. The number of hydrogen-bond acceptors (Lipinski definition) is 7. The standard InChI is InChI=1S/C24H23N5O5/c1-28-18-11-16(5-2-13(18)3-7-19(28)30)29-8-9-34-21(24(29)33)20(31)23(32)27-15-4-6-17-14(10-15)12-26-22(17)25/h2-7,10-11,20-21,31H,8-9,12H2,1H3,(H2,25,26)(H,27,32)/t20-,21?/m1/s1. The number of rotatable bonds is 4. The first-order valence-corrected chi connectivity index (χ1v) is 10.8. The molecule has 0 saturated carbocycles. The third-order valence-electron chi connectivity index (χ3n) is 6.17. The number of morpholine rings is 1. The summed E-state index contributed by atoms with van der Waals surface area (Å²) in [6.07, 6.45) is -3.08. The van der Waals surface area contributed by atoms with Crippen molar-refractivity contribution >= 4 is 39.9 Å². The van der Waals surface area contributed by atoms with Crippen LogP contribution < -0.4 is 21.5 Å². The van der Waals surface area contributed by atoms with E-state index in [1.165, 1.54) is 15.5 Å². The summed E-state index contributed by atoms with van der Waals surface area (Å²) in [6.45, 7) is 0.814. The summed E-state index contributed by atoms with van der Waals surface area (Å²) in [5.74, 6) is -0.847. The fourth-order valence-electron chi connectivity index (χ4n) is 4.27. The van der Waals surface area contributed by atoms with Gasteiger partial charge in [0.1, 0.15) is 5.84 Å². The SMILES string of the molecule is Cn1c(=O)ccc2ccc(N3CCOC([C@@H](O)C(=O)Nc4ccc5c(c4)CN=C5N)C3=O)cc21. The van der Waals surface area contributed by atoms with Gasteiger partial charge in [-0.1, -0.05) is 6.07 Å². The van der Waals surface area contributed by atoms with Crippen LogP contribution >= 0.6 is 0 Å². The van der Waals surface area contributed by atoms with Gasteiger partial charge in [-0.3, -0.25) is 19.4 Å². The van der Waals surface area contributed by atoms with E-state index in [-0.39, 0.29) is 18.7 Å². The van der Waals surface area contributed by atoms with Crippen LogP contribution in [-0.2, 0) is 27.9 Å². The number of hydrogen-bond donors (Lipinski definition) is 3. The summed E-state index contributed by atoms with van der Waals surface area (Å²) < 4.78 is 6.99. The van der Waals surface area contributed by atoms with Crippen molar-refractivity contribution in [3.8, 4) is 0 Å². The predicted molar refractivity (Wildman–Crippen MR) is 127 cm³/mol. The number of pyridine rings is 1. The van der Waals surface area contributed by atoms with E-state index in [9.17, 15) is 19.5 Å². The molecular formula is C24H23N5O5. The third kappa shape index (κ3) is 3.72. The number of aliphatic imine (C=N–C) groups is 1. The second-order valence-electron chi connectivity index (χ2n) is 8.26. The molecule has 0 aliphatic carbocycles. The molecule has 1 unspecified atom stereocenters. The number of carbonyl (C=O) groups is 2. The van der Waals surface area contributed by atoms with Crippen LogP contribution in [0.1, 0.15) is 11.1 Å². The van der Waals surface area contributed by atoms with Gasteiger partial charge in [-0.25, -0.2) is 0 Å². The maximum Gasteiger partial charge on any atom is 0.259 e. The van der Waals surface area contributed by atoms with Gasteiger partial charge in [0.05, 0.1) is 18.7 Å². The zero-order valence-electron chi connectivity index (χ0n) is 18.4. The minimum atomic E-state index is -1.71. The number of ether oxygens (including phenoxy) is 1. The van der Waals surface area contributed by atoms with Crippen LogP contribution in [0.5, 0.6) is 0 Å². The van der Waals surface area contributed by atoms with Crippen molar-refractivity contribution in [2.45, 2.75) is 18.8 Å². The summed E-state index contributed by atoms with van der Waals surface area (Å²) in [6, 6.07) is 13.7. The minimum absolute atomic E-state index is 0.141. The Morgan fingerprint density at radius 2 is 2.00 bits per heavy atom. The van der Waals surface area contributed by atoms with Crippen molar-refractivity contribution < 1.29 is 19.4 Å². The number of fused-ring (bicyclic) bond motifs is 2. The van der Waals surface area contributed by atoms with Crippen LogP contribution in [0.15, 0.2) is 58.3 Å². The van der Waals surface area contributed by atoms with E-state index < -0.39 is 24.0 Å². The smallest absolute Gasteiger partial charge is 0.259 e. The Hall–Kier alpha value is -4.02. The first kappa shape index (κ1) is 21.8. The molecule has 4 N–H and O–H groups in total. The van der Waals surface area contributed by atoms with E-state index in [2.05, 4.69) is 10.3 Å². The van der Waals surface area contributed by atoms with Gasteiger partial charge < -0.3 is 30.4 Å². The zero-order chi connectivity index (χ0) is 24.0. The Kier molecular flexibility index (Phi) is 5.39. The topological polar surface area (TPSA) is 139 Å². The molecule has 1 fully saturated rings. The second-order valence-corrected chi connectivity index (χ2v) is 8.26. The van der Waals surface area contributed by atoms with E-state index in [1.54, 1.807) is 43.4 Å². The Bertz CT molecular complexity index is 1410. The van der Waals surface area contributed by atoms with Gasteiger partial charge in [-0.2, -0.15) is 0 Å². The van der Waals surface area contributed by atoms with Crippen molar-refractivity contribution in [2.24, 2.45) is 17.8 Å². The van der Waals surface area contributed by atoms with Crippen molar-refractivity contribution in [3.63, 3.8) is 0 Å². The molecule has 34 heavy (non-hydrogen) atoms. The summed E-state index contributed by atoms with van der Waals surface area (Å²) in [5.41, 5.74) is 9.01. The number of nitrogens with zero attached hydrogens (tertiary/aromatic N) is 3. The highest BCUT2D eigenvalue weighted by Gasteiger charge is 2.39. The molecule has 2 aliphatic heterocycles. The van der Waals surface area contributed by atoms with Crippen molar-refractivity contribution in [2.75, 3.05) is 23.4 Å². The molecule has 1 saturated heterocycles. The van der Waals surface area contributed by atoms with Gasteiger partial charge >= 0.3 is 0 Å². The molecule has 2 aliphatic rings. The normalized spacial score (nSPS) is 18.5. The minimum Gasteiger partial charge on any atom is -0.383 e. The van der Waals surface area contributed by atoms with E-state index in [0.29, 0.717) is 29.3 Å². The zero-order valence-corrected chi connectivity index (χ0v) is 18.4. The fourth-order valence-corrected chi connectivity index (χ4v) is 4.27. The molecule has 10 heteroatoms. The highest BCUT2D eigenvalue weighted by Crippen LogP contribution is 2.25. The van der Waals surface area contributed by atoms with Crippen LogP contribution in [0.4, 0.5) is 11.4 Å². The number of aromatic nitrogens is 1. The number of benzene rings is 2. The number of amides is 2. The first-order chi connectivity index (χ1) is 16.3. The highest BCUT2D eigenvalue weighted by molar-refractivity contribution is 6.05. The molecule has 0 spiro atoms. The van der Waals surface area contributed by atoms with E-state index in [1.807, 2.05) is 6.07 Å². The summed E-state index contributed by atoms with van der Waals surface area (Å²) in [4.78, 5) is 43.5. The van der Waals surface area contributed by atoms with Gasteiger partial charge in [-0.15, -0.1) is 0 Å². The molecule has 1 aromatic heterocycles. The summed E-state index contributed by atoms with van der Waals surface area (Å²) in [7, 11) is 1.66. The number of anilines is 2. The number of aryl methyl sites for hydroxylation is 1. The lowest BCUT2D eigenvalue weighted by atomic mass is 10.1. The van der Waals surface area contributed by atoms with Gasteiger partial charge in [0.25, 0.3) is 17.4 Å². The molecule has 0 radical (unpaired) electrons. The number of aliphatic hydroxyl groups is 1.